The molecule has 0 saturated carbocycles. The third kappa shape index (κ3) is 2.89. The Kier molecular flexibility index (Phi) is 3.49. The largest absolute Gasteiger partial charge is 0.468 e. The Morgan fingerprint density at radius 2 is 2.08 bits per heavy atom. The van der Waals surface area contributed by atoms with Gasteiger partial charge in [-0.2, -0.15) is 0 Å². The molecule has 1 amide bonds. The van der Waals surface area contributed by atoms with Crippen LogP contribution in [0, 0.1) is 5.92 Å². The minimum absolute atomic E-state index is 0.00431. The van der Waals surface area contributed by atoms with Gasteiger partial charge < -0.3 is 10.1 Å². The second-order valence-corrected chi connectivity index (χ2v) is 2.93. The van der Waals surface area contributed by atoms with Crippen molar-refractivity contribution in [3.63, 3.8) is 0 Å². The van der Waals surface area contributed by atoms with Crippen LogP contribution >= 0.6 is 0 Å². The number of hydrogen-bond acceptors (Lipinski definition) is 3. The predicted octanol–water partition coefficient (Wildman–Crippen LogP) is 0.242. The van der Waals surface area contributed by atoms with Crippen LogP contribution in [0.3, 0.4) is 0 Å². The lowest BCUT2D eigenvalue weighted by molar-refractivity contribution is -0.141. The molecule has 13 heavy (non-hydrogen) atoms. The van der Waals surface area contributed by atoms with Crippen LogP contribution in [0.25, 0.3) is 0 Å². The monoisotopic (exact) mass is 183 g/mol. The number of rotatable bonds is 3. The van der Waals surface area contributed by atoms with Gasteiger partial charge in [-0.3, -0.25) is 9.59 Å². The molecule has 0 radical (unpaired) electrons. The van der Waals surface area contributed by atoms with Gasteiger partial charge in [0, 0.05) is 5.92 Å². The summed E-state index contributed by atoms with van der Waals surface area (Å²) in [5.41, 5.74) is 0. The lowest BCUT2D eigenvalue weighted by Gasteiger charge is -2.08. The summed E-state index contributed by atoms with van der Waals surface area (Å²) in [5.74, 6) is -0.487. The molecule has 0 unspecified atom stereocenters. The molecule has 0 spiro atoms. The summed E-state index contributed by atoms with van der Waals surface area (Å²) in [4.78, 5) is 22.0. The Morgan fingerprint density at radius 3 is 2.62 bits per heavy atom. The number of hydrogen-bond donors (Lipinski definition) is 1. The quantitative estimate of drug-likeness (QED) is 0.503. The fourth-order valence-corrected chi connectivity index (χ4v) is 1.21. The van der Waals surface area contributed by atoms with E-state index in [0.717, 1.165) is 12.8 Å². The number of allylic oxidation sites excluding steroid dienone is 2. The van der Waals surface area contributed by atoms with Gasteiger partial charge in [-0.05, 0) is 12.8 Å². The maximum Gasteiger partial charge on any atom is 0.325 e. The van der Waals surface area contributed by atoms with E-state index in [4.69, 9.17) is 0 Å². The molecule has 0 heterocycles. The van der Waals surface area contributed by atoms with Gasteiger partial charge in [0.25, 0.3) is 0 Å². The highest BCUT2D eigenvalue weighted by atomic mass is 16.5. The average molecular weight is 183 g/mol. The summed E-state index contributed by atoms with van der Waals surface area (Å²) in [6.07, 6.45) is 5.49. The molecule has 4 nitrogen and oxygen atoms in total. The van der Waals surface area contributed by atoms with Gasteiger partial charge in [0.15, 0.2) is 0 Å². The summed E-state index contributed by atoms with van der Waals surface area (Å²) in [6, 6.07) is 0. The first-order valence-electron chi connectivity index (χ1n) is 4.23. The normalized spacial score (nSPS) is 15.8. The highest BCUT2D eigenvalue weighted by Crippen LogP contribution is 2.17. The highest BCUT2D eigenvalue weighted by molar-refractivity contribution is 5.83. The first-order chi connectivity index (χ1) is 6.24. The molecule has 1 aliphatic carbocycles. The molecule has 4 heteroatoms. The topological polar surface area (TPSA) is 55.4 Å². The van der Waals surface area contributed by atoms with E-state index in [1.807, 2.05) is 12.2 Å². The predicted molar refractivity (Wildman–Crippen MR) is 46.9 cm³/mol. The van der Waals surface area contributed by atoms with Crippen LogP contribution in [0.4, 0.5) is 0 Å². The van der Waals surface area contributed by atoms with E-state index < -0.39 is 5.97 Å². The number of nitrogens with one attached hydrogen (secondary N) is 1. The number of carbonyl (C=O) groups is 2. The van der Waals surface area contributed by atoms with Crippen molar-refractivity contribution in [1.82, 2.24) is 5.32 Å². The molecule has 1 aliphatic rings. The average Bonchev–Trinajstić information content (AvgIpc) is 2.66. The van der Waals surface area contributed by atoms with E-state index in [-0.39, 0.29) is 18.4 Å². The molecular formula is C9H13NO3. The van der Waals surface area contributed by atoms with E-state index >= 15 is 0 Å². The number of amides is 1. The van der Waals surface area contributed by atoms with E-state index in [2.05, 4.69) is 10.1 Å². The summed E-state index contributed by atoms with van der Waals surface area (Å²) in [6.45, 7) is -0.0359. The maximum absolute atomic E-state index is 11.3. The van der Waals surface area contributed by atoms with Crippen LogP contribution in [0.15, 0.2) is 12.2 Å². The van der Waals surface area contributed by atoms with Gasteiger partial charge in [0.05, 0.1) is 7.11 Å². The second-order valence-electron chi connectivity index (χ2n) is 2.93. The van der Waals surface area contributed by atoms with Crippen LogP contribution in [0.2, 0.25) is 0 Å². The van der Waals surface area contributed by atoms with Crippen LogP contribution in [0.1, 0.15) is 12.8 Å². The lowest BCUT2D eigenvalue weighted by atomic mass is 10.1. The van der Waals surface area contributed by atoms with Crippen LogP contribution in [-0.4, -0.2) is 25.5 Å². The summed E-state index contributed by atoms with van der Waals surface area (Å²) >= 11 is 0. The van der Waals surface area contributed by atoms with Crippen molar-refractivity contribution in [3.8, 4) is 0 Å². The van der Waals surface area contributed by atoms with E-state index in [9.17, 15) is 9.59 Å². The second kappa shape index (κ2) is 4.64. The number of ether oxygens (including phenoxy) is 1. The van der Waals surface area contributed by atoms with E-state index in [0.29, 0.717) is 0 Å². The van der Waals surface area contributed by atoms with Gasteiger partial charge in [0.1, 0.15) is 6.54 Å². The standard InChI is InChI=1S/C9H13NO3/c1-13-8(11)6-10-9(12)7-4-2-3-5-7/h2-3,7H,4-6H2,1H3,(H,10,12). The zero-order valence-electron chi connectivity index (χ0n) is 7.58. The Hall–Kier alpha value is -1.32. The molecule has 0 aromatic heterocycles. The van der Waals surface area contributed by atoms with Gasteiger partial charge in [-0.15, -0.1) is 0 Å². The lowest BCUT2D eigenvalue weighted by Crippen LogP contribution is -2.34. The summed E-state index contributed by atoms with van der Waals surface area (Å²) in [7, 11) is 1.30. The van der Waals surface area contributed by atoms with Crippen molar-refractivity contribution in [3.05, 3.63) is 12.2 Å². The summed E-state index contributed by atoms with van der Waals surface area (Å²) < 4.78 is 4.39. The van der Waals surface area contributed by atoms with Crippen molar-refractivity contribution < 1.29 is 14.3 Å². The zero-order valence-corrected chi connectivity index (χ0v) is 7.58. The molecule has 1 N–H and O–H groups in total. The molecule has 0 saturated heterocycles. The van der Waals surface area contributed by atoms with Crippen LogP contribution < -0.4 is 5.32 Å². The zero-order chi connectivity index (χ0) is 9.68. The van der Waals surface area contributed by atoms with Crippen molar-refractivity contribution >= 4 is 11.9 Å². The molecule has 72 valence electrons. The van der Waals surface area contributed by atoms with Crippen molar-refractivity contribution in [2.75, 3.05) is 13.7 Å². The smallest absolute Gasteiger partial charge is 0.325 e. The number of esters is 1. The molecule has 0 aromatic rings. The molecule has 0 aliphatic heterocycles. The maximum atomic E-state index is 11.3. The summed E-state index contributed by atoms with van der Waals surface area (Å²) in [5, 5.41) is 2.52. The molecule has 0 aromatic carbocycles. The SMILES string of the molecule is COC(=O)CNC(=O)C1CC=CC1. The van der Waals surface area contributed by atoms with Gasteiger partial charge in [-0.25, -0.2) is 0 Å². The minimum atomic E-state index is -0.417. The Labute approximate surface area is 76.9 Å². The third-order valence-corrected chi connectivity index (χ3v) is 2.01. The fourth-order valence-electron chi connectivity index (χ4n) is 1.21. The number of methoxy groups -OCH3 is 1. The molecule has 1 rings (SSSR count). The Morgan fingerprint density at radius 1 is 1.46 bits per heavy atom. The third-order valence-electron chi connectivity index (χ3n) is 2.01. The molecule has 0 fully saturated rings. The van der Waals surface area contributed by atoms with Gasteiger partial charge in [0.2, 0.25) is 5.91 Å². The molecule has 0 atom stereocenters. The minimum Gasteiger partial charge on any atom is -0.468 e. The fraction of sp³-hybridized carbons (Fsp3) is 0.556. The van der Waals surface area contributed by atoms with Crippen LogP contribution in [-0.2, 0) is 14.3 Å². The van der Waals surface area contributed by atoms with Crippen molar-refractivity contribution in [1.29, 1.82) is 0 Å². The van der Waals surface area contributed by atoms with E-state index in [1.165, 1.54) is 7.11 Å². The van der Waals surface area contributed by atoms with Crippen LogP contribution in [0.5, 0.6) is 0 Å². The first kappa shape index (κ1) is 9.77. The molecular weight excluding hydrogens is 170 g/mol. The van der Waals surface area contributed by atoms with Crippen molar-refractivity contribution in [2.45, 2.75) is 12.8 Å². The molecule has 0 bridgehead atoms. The number of carbonyl (C=O) groups excluding carboxylic acids is 2. The van der Waals surface area contributed by atoms with Gasteiger partial charge >= 0.3 is 5.97 Å². The van der Waals surface area contributed by atoms with Gasteiger partial charge in [-0.1, -0.05) is 12.2 Å². The first-order valence-corrected chi connectivity index (χ1v) is 4.23. The Balaban J connectivity index is 2.21. The highest BCUT2D eigenvalue weighted by Gasteiger charge is 2.19. The Bertz CT molecular complexity index is 227. The van der Waals surface area contributed by atoms with Crippen molar-refractivity contribution in [2.24, 2.45) is 5.92 Å². The van der Waals surface area contributed by atoms with E-state index in [1.54, 1.807) is 0 Å².